The summed E-state index contributed by atoms with van der Waals surface area (Å²) >= 11 is 5.50. The van der Waals surface area contributed by atoms with Crippen LogP contribution >= 0.6 is 11.6 Å². The maximum Gasteiger partial charge on any atom is 0.307 e. The zero-order valence-corrected chi connectivity index (χ0v) is 6.63. The summed E-state index contributed by atoms with van der Waals surface area (Å²) in [7, 11) is 0. The maximum absolute atomic E-state index is 10.7. The summed E-state index contributed by atoms with van der Waals surface area (Å²) in [5.41, 5.74) is -0.247. The molecule has 0 unspecified atom stereocenters. The highest BCUT2D eigenvalue weighted by atomic mass is 35.5. The zero-order valence-electron chi connectivity index (χ0n) is 5.87. The Balaban J connectivity index is 3.05. The number of aromatic nitrogens is 2. The van der Waals surface area contributed by atoms with E-state index >= 15 is 0 Å². The molecule has 1 heterocycles. The summed E-state index contributed by atoms with van der Waals surface area (Å²) in [4.78, 5) is 20.9. The molecule has 0 aliphatic carbocycles. The van der Waals surface area contributed by atoms with Crippen molar-refractivity contribution in [1.29, 1.82) is 0 Å². The number of rotatable bonds is 2. The molecule has 0 aromatic carbocycles. The van der Waals surface area contributed by atoms with Gasteiger partial charge in [-0.05, 0) is 0 Å². The van der Waals surface area contributed by atoms with Gasteiger partial charge in [0.15, 0.2) is 5.15 Å². The van der Waals surface area contributed by atoms with Crippen molar-refractivity contribution in [3.8, 4) is 0 Å². The first-order valence-electron chi connectivity index (χ1n) is 3.05. The third-order valence-corrected chi connectivity index (χ3v) is 1.50. The first-order valence-corrected chi connectivity index (χ1v) is 3.43. The number of hydrogen-bond donors (Lipinski definition) is 2. The molecular weight excluding hydrogens is 184 g/mol. The van der Waals surface area contributed by atoms with Crippen LogP contribution in [-0.4, -0.2) is 21.3 Å². The van der Waals surface area contributed by atoms with Gasteiger partial charge in [0, 0.05) is 11.6 Å². The molecule has 0 atom stereocenters. The van der Waals surface area contributed by atoms with Crippen LogP contribution in [0.5, 0.6) is 0 Å². The number of aromatic amines is 1. The van der Waals surface area contributed by atoms with E-state index in [-0.39, 0.29) is 17.1 Å². The Morgan fingerprint density at radius 3 is 3.00 bits per heavy atom. The average Bonchev–Trinajstić information content (AvgIpc) is 1.96. The van der Waals surface area contributed by atoms with Gasteiger partial charge in [-0.1, -0.05) is 11.6 Å². The fraction of sp³-hybridized carbons (Fsp3) is 0.167. The van der Waals surface area contributed by atoms with Gasteiger partial charge < -0.3 is 5.11 Å². The number of hydrogen-bond acceptors (Lipinski definition) is 3. The quantitative estimate of drug-likeness (QED) is 0.687. The van der Waals surface area contributed by atoms with E-state index < -0.39 is 11.5 Å². The van der Waals surface area contributed by atoms with Crippen LogP contribution in [0.25, 0.3) is 0 Å². The van der Waals surface area contributed by atoms with Crippen molar-refractivity contribution in [1.82, 2.24) is 10.2 Å². The van der Waals surface area contributed by atoms with Crippen LogP contribution < -0.4 is 5.56 Å². The van der Waals surface area contributed by atoms with E-state index in [1.807, 2.05) is 0 Å². The molecule has 0 radical (unpaired) electrons. The highest BCUT2D eigenvalue weighted by molar-refractivity contribution is 6.30. The van der Waals surface area contributed by atoms with Crippen molar-refractivity contribution in [2.75, 3.05) is 0 Å². The van der Waals surface area contributed by atoms with E-state index in [9.17, 15) is 9.59 Å². The van der Waals surface area contributed by atoms with Gasteiger partial charge in [-0.3, -0.25) is 9.59 Å². The van der Waals surface area contributed by atoms with E-state index in [0.29, 0.717) is 0 Å². The SMILES string of the molecule is O=C(O)Cc1cc(=O)[nH]nc1Cl. The predicted molar refractivity (Wildman–Crippen MR) is 41.2 cm³/mol. The van der Waals surface area contributed by atoms with Crippen LogP contribution in [0.4, 0.5) is 0 Å². The number of H-pyrrole nitrogens is 1. The van der Waals surface area contributed by atoms with Crippen LogP contribution in [0.15, 0.2) is 10.9 Å². The molecule has 0 spiro atoms. The highest BCUT2D eigenvalue weighted by Gasteiger charge is 2.06. The Morgan fingerprint density at radius 2 is 2.42 bits per heavy atom. The first kappa shape index (κ1) is 8.73. The lowest BCUT2D eigenvalue weighted by Crippen LogP contribution is -2.11. The Bertz CT molecular complexity index is 360. The number of carbonyl (C=O) groups is 1. The normalized spacial score (nSPS) is 9.75. The van der Waals surface area contributed by atoms with Gasteiger partial charge >= 0.3 is 5.97 Å². The van der Waals surface area contributed by atoms with E-state index in [1.165, 1.54) is 0 Å². The van der Waals surface area contributed by atoms with Crippen LogP contribution in [0.1, 0.15) is 5.56 Å². The molecule has 1 aromatic heterocycles. The van der Waals surface area contributed by atoms with Crippen molar-refractivity contribution in [2.45, 2.75) is 6.42 Å². The molecule has 0 bridgehead atoms. The fourth-order valence-electron chi connectivity index (χ4n) is 0.713. The zero-order chi connectivity index (χ0) is 9.14. The molecule has 1 aromatic rings. The minimum Gasteiger partial charge on any atom is -0.481 e. The molecular formula is C6H5ClN2O3. The molecule has 1 rings (SSSR count). The Labute approximate surface area is 72.0 Å². The molecule has 5 nitrogen and oxygen atoms in total. The van der Waals surface area contributed by atoms with Crippen molar-refractivity contribution in [3.63, 3.8) is 0 Å². The van der Waals surface area contributed by atoms with Gasteiger partial charge in [0.05, 0.1) is 6.42 Å². The molecule has 0 saturated heterocycles. The summed E-state index contributed by atoms with van der Waals surface area (Å²) in [6.45, 7) is 0. The molecule has 6 heteroatoms. The topological polar surface area (TPSA) is 83.0 Å². The van der Waals surface area contributed by atoms with Crippen LogP contribution in [0, 0.1) is 0 Å². The van der Waals surface area contributed by atoms with E-state index in [1.54, 1.807) is 0 Å². The van der Waals surface area contributed by atoms with Crippen molar-refractivity contribution in [3.05, 3.63) is 27.1 Å². The molecule has 0 saturated carbocycles. The van der Waals surface area contributed by atoms with Crippen LogP contribution in [0.2, 0.25) is 5.15 Å². The summed E-state index contributed by atoms with van der Waals surface area (Å²) < 4.78 is 0. The van der Waals surface area contributed by atoms with Gasteiger partial charge in [-0.25, -0.2) is 5.10 Å². The van der Waals surface area contributed by atoms with Gasteiger partial charge in [-0.15, -0.1) is 0 Å². The Hall–Kier alpha value is -1.36. The van der Waals surface area contributed by atoms with Crippen molar-refractivity contribution < 1.29 is 9.90 Å². The number of carboxylic acid groups (broad SMARTS) is 1. The summed E-state index contributed by atoms with van der Waals surface area (Å²) in [5, 5.41) is 13.9. The van der Waals surface area contributed by atoms with Crippen LogP contribution in [0.3, 0.4) is 0 Å². The largest absolute Gasteiger partial charge is 0.481 e. The van der Waals surface area contributed by atoms with E-state index in [0.717, 1.165) is 6.07 Å². The van der Waals surface area contributed by atoms with Crippen molar-refractivity contribution >= 4 is 17.6 Å². The van der Waals surface area contributed by atoms with Gasteiger partial charge in [0.2, 0.25) is 0 Å². The highest BCUT2D eigenvalue weighted by Crippen LogP contribution is 2.08. The summed E-state index contributed by atoms with van der Waals surface area (Å²) in [6, 6.07) is 1.11. The van der Waals surface area contributed by atoms with Gasteiger partial charge in [0.25, 0.3) is 5.56 Å². The molecule has 0 aliphatic heterocycles. The summed E-state index contributed by atoms with van der Waals surface area (Å²) in [6.07, 6.45) is -0.296. The monoisotopic (exact) mass is 188 g/mol. The average molecular weight is 189 g/mol. The smallest absolute Gasteiger partial charge is 0.307 e. The van der Waals surface area contributed by atoms with E-state index in [2.05, 4.69) is 10.2 Å². The number of nitrogens with one attached hydrogen (secondary N) is 1. The maximum atomic E-state index is 10.7. The van der Waals surface area contributed by atoms with E-state index in [4.69, 9.17) is 16.7 Å². The first-order chi connectivity index (χ1) is 5.59. The lowest BCUT2D eigenvalue weighted by atomic mass is 10.2. The fourth-order valence-corrected chi connectivity index (χ4v) is 0.877. The van der Waals surface area contributed by atoms with Gasteiger partial charge in [-0.2, -0.15) is 5.10 Å². The number of halogens is 1. The lowest BCUT2D eigenvalue weighted by Gasteiger charge is -1.96. The molecule has 0 amide bonds. The number of carboxylic acids is 1. The lowest BCUT2D eigenvalue weighted by molar-refractivity contribution is -0.136. The molecule has 0 fully saturated rings. The summed E-state index contributed by atoms with van der Waals surface area (Å²) in [5.74, 6) is -1.05. The third-order valence-electron chi connectivity index (χ3n) is 1.18. The standard InChI is InChI=1S/C6H5ClN2O3/c7-6-3(2-5(11)12)1-4(10)8-9-6/h1H,2H2,(H,8,10)(H,11,12). The molecule has 12 heavy (non-hydrogen) atoms. The Morgan fingerprint density at radius 1 is 1.75 bits per heavy atom. The second-order valence-corrected chi connectivity index (χ2v) is 2.48. The predicted octanol–water partition coefficient (Wildman–Crippen LogP) is 0.0504. The Kier molecular flexibility index (Phi) is 2.44. The van der Waals surface area contributed by atoms with Crippen molar-refractivity contribution in [2.24, 2.45) is 0 Å². The number of aliphatic carboxylic acids is 1. The van der Waals surface area contributed by atoms with Gasteiger partial charge in [0.1, 0.15) is 0 Å². The second kappa shape index (κ2) is 3.36. The molecule has 64 valence electrons. The molecule has 0 aliphatic rings. The number of nitrogens with zero attached hydrogens (tertiary/aromatic N) is 1. The molecule has 2 N–H and O–H groups in total. The minimum absolute atomic E-state index is 0.0111. The second-order valence-electron chi connectivity index (χ2n) is 2.12. The van der Waals surface area contributed by atoms with Crippen LogP contribution in [-0.2, 0) is 11.2 Å². The third kappa shape index (κ3) is 2.06. The minimum atomic E-state index is -1.05.